The van der Waals surface area contributed by atoms with Crippen LogP contribution in [-0.2, 0) is 6.18 Å². The lowest BCUT2D eigenvalue weighted by atomic mass is 10.1. The van der Waals surface area contributed by atoms with Crippen molar-refractivity contribution in [2.24, 2.45) is 0 Å². The van der Waals surface area contributed by atoms with Gasteiger partial charge in [-0.05, 0) is 30.3 Å². The number of rotatable bonds is 2. The topological polar surface area (TPSA) is 68.0 Å². The minimum atomic E-state index is -4.60. The summed E-state index contributed by atoms with van der Waals surface area (Å²) in [5.41, 5.74) is 4.14. The summed E-state index contributed by atoms with van der Waals surface area (Å²) in [5.74, 6) is -0.673. The molecular formula is C13H10F3N3O. The summed E-state index contributed by atoms with van der Waals surface area (Å²) >= 11 is 0. The number of halogens is 3. The number of alkyl halides is 3. The number of amides is 1. The Kier molecular flexibility index (Phi) is 3.60. The number of anilines is 2. The number of benzene rings is 1. The van der Waals surface area contributed by atoms with Gasteiger partial charge in [-0.15, -0.1) is 0 Å². The fourth-order valence-corrected chi connectivity index (χ4v) is 1.60. The Labute approximate surface area is 112 Å². The van der Waals surface area contributed by atoms with Crippen LogP contribution < -0.4 is 11.1 Å². The zero-order chi connectivity index (χ0) is 14.8. The second-order valence-electron chi connectivity index (χ2n) is 4.00. The Morgan fingerprint density at radius 2 is 2.00 bits per heavy atom. The number of nitrogen functional groups attached to an aromatic ring is 1. The number of nitrogens with zero attached hydrogens (tertiary/aromatic N) is 1. The summed E-state index contributed by atoms with van der Waals surface area (Å²) in [4.78, 5) is 15.6. The van der Waals surface area contributed by atoms with Gasteiger partial charge in [-0.25, -0.2) is 0 Å². The summed E-state index contributed by atoms with van der Waals surface area (Å²) in [6, 6.07) is 6.15. The molecule has 1 amide bonds. The van der Waals surface area contributed by atoms with Crippen LogP contribution in [0.25, 0.3) is 0 Å². The molecule has 104 valence electrons. The lowest BCUT2D eigenvalue weighted by Gasteiger charge is -2.14. The van der Waals surface area contributed by atoms with Gasteiger partial charge in [0.1, 0.15) is 0 Å². The van der Waals surface area contributed by atoms with Crippen molar-refractivity contribution in [2.75, 3.05) is 11.1 Å². The highest BCUT2D eigenvalue weighted by atomic mass is 19.4. The monoisotopic (exact) mass is 281 g/mol. The molecule has 2 rings (SSSR count). The van der Waals surface area contributed by atoms with Crippen LogP contribution in [0.1, 0.15) is 15.9 Å². The van der Waals surface area contributed by atoms with Gasteiger partial charge >= 0.3 is 6.18 Å². The number of hydrogen-bond acceptors (Lipinski definition) is 3. The van der Waals surface area contributed by atoms with Gasteiger partial charge < -0.3 is 11.1 Å². The first kappa shape index (κ1) is 13.9. The van der Waals surface area contributed by atoms with E-state index in [1.807, 2.05) is 0 Å². The average Bonchev–Trinajstić information content (AvgIpc) is 2.40. The number of nitrogens with two attached hydrogens (primary N) is 1. The van der Waals surface area contributed by atoms with E-state index in [2.05, 4.69) is 10.3 Å². The largest absolute Gasteiger partial charge is 0.418 e. The molecular weight excluding hydrogens is 271 g/mol. The van der Waals surface area contributed by atoms with Gasteiger partial charge in [0, 0.05) is 18.1 Å². The summed E-state index contributed by atoms with van der Waals surface area (Å²) in [6.07, 6.45) is -1.88. The Hall–Kier alpha value is -2.57. The maximum atomic E-state index is 12.9. The zero-order valence-electron chi connectivity index (χ0n) is 10.1. The predicted molar refractivity (Wildman–Crippen MR) is 68.0 cm³/mol. The number of nitrogens with one attached hydrogen (secondary N) is 1. The fraction of sp³-hybridized carbons (Fsp3) is 0.0769. The molecule has 1 heterocycles. The highest BCUT2D eigenvalue weighted by molar-refractivity contribution is 6.04. The standard InChI is InChI=1S/C13H10F3N3O/c14-13(15,16)10-6-9(17)3-4-11(10)19-12(20)8-2-1-5-18-7-8/h1-7H,17H2,(H,19,20). The predicted octanol–water partition coefficient (Wildman–Crippen LogP) is 2.93. The molecule has 20 heavy (non-hydrogen) atoms. The Morgan fingerprint density at radius 1 is 1.25 bits per heavy atom. The van der Waals surface area contributed by atoms with Crippen LogP contribution in [0.15, 0.2) is 42.7 Å². The molecule has 0 radical (unpaired) electrons. The molecule has 3 N–H and O–H groups in total. The van der Waals surface area contributed by atoms with Crippen molar-refractivity contribution in [3.8, 4) is 0 Å². The maximum Gasteiger partial charge on any atom is 0.418 e. The minimum Gasteiger partial charge on any atom is -0.399 e. The van der Waals surface area contributed by atoms with Gasteiger partial charge in [0.25, 0.3) is 5.91 Å². The molecule has 0 saturated heterocycles. The number of carbonyl (C=O) groups excluding carboxylic acids is 1. The molecule has 1 aromatic heterocycles. The van der Waals surface area contributed by atoms with Gasteiger partial charge in [0.15, 0.2) is 0 Å². The van der Waals surface area contributed by atoms with Crippen LogP contribution in [0.4, 0.5) is 24.5 Å². The number of aromatic nitrogens is 1. The van der Waals surface area contributed by atoms with Gasteiger partial charge in [0.05, 0.1) is 16.8 Å². The van der Waals surface area contributed by atoms with E-state index in [9.17, 15) is 18.0 Å². The Balaban J connectivity index is 2.33. The van der Waals surface area contributed by atoms with Gasteiger partial charge in [-0.2, -0.15) is 13.2 Å². The highest BCUT2D eigenvalue weighted by Crippen LogP contribution is 2.36. The molecule has 7 heteroatoms. The van der Waals surface area contributed by atoms with Crippen molar-refractivity contribution in [2.45, 2.75) is 6.18 Å². The van der Waals surface area contributed by atoms with Crippen LogP contribution in [-0.4, -0.2) is 10.9 Å². The maximum absolute atomic E-state index is 12.9. The lowest BCUT2D eigenvalue weighted by molar-refractivity contribution is -0.136. The summed E-state index contributed by atoms with van der Waals surface area (Å²) in [5, 5.41) is 2.21. The average molecular weight is 281 g/mol. The molecule has 0 aliphatic carbocycles. The van der Waals surface area contributed by atoms with Gasteiger partial charge in [-0.3, -0.25) is 9.78 Å². The van der Waals surface area contributed by atoms with Crippen molar-refractivity contribution < 1.29 is 18.0 Å². The molecule has 4 nitrogen and oxygen atoms in total. The third-order valence-electron chi connectivity index (χ3n) is 2.52. The van der Waals surface area contributed by atoms with Crippen LogP contribution in [0.3, 0.4) is 0 Å². The second kappa shape index (κ2) is 5.20. The number of carbonyl (C=O) groups is 1. The van der Waals surface area contributed by atoms with Crippen LogP contribution >= 0.6 is 0 Å². The SMILES string of the molecule is Nc1ccc(NC(=O)c2cccnc2)c(C(F)(F)F)c1. The summed E-state index contributed by atoms with van der Waals surface area (Å²) < 4.78 is 38.6. The quantitative estimate of drug-likeness (QED) is 0.832. The van der Waals surface area contributed by atoms with E-state index in [4.69, 9.17) is 5.73 Å². The molecule has 0 aliphatic heterocycles. The zero-order valence-corrected chi connectivity index (χ0v) is 10.1. The van der Waals surface area contributed by atoms with E-state index in [0.717, 1.165) is 12.1 Å². The van der Waals surface area contributed by atoms with Crippen LogP contribution in [0.5, 0.6) is 0 Å². The fourth-order valence-electron chi connectivity index (χ4n) is 1.60. The molecule has 0 saturated carbocycles. The van der Waals surface area contributed by atoms with Crippen molar-refractivity contribution in [1.82, 2.24) is 4.98 Å². The minimum absolute atomic E-state index is 0.0308. The first-order chi connectivity index (χ1) is 9.38. The van der Waals surface area contributed by atoms with Crippen LogP contribution in [0.2, 0.25) is 0 Å². The molecule has 0 fully saturated rings. The number of hydrogen-bond donors (Lipinski definition) is 2. The van der Waals surface area contributed by atoms with E-state index >= 15 is 0 Å². The Bertz CT molecular complexity index is 627. The summed E-state index contributed by atoms with van der Waals surface area (Å²) in [7, 11) is 0. The van der Waals surface area contributed by atoms with Gasteiger partial charge in [0.2, 0.25) is 0 Å². The third kappa shape index (κ3) is 3.05. The van der Waals surface area contributed by atoms with Crippen molar-refractivity contribution >= 4 is 17.3 Å². The van der Waals surface area contributed by atoms with E-state index in [1.54, 1.807) is 0 Å². The normalized spacial score (nSPS) is 11.2. The van der Waals surface area contributed by atoms with E-state index in [0.29, 0.717) is 0 Å². The lowest BCUT2D eigenvalue weighted by Crippen LogP contribution is -2.17. The van der Waals surface area contributed by atoms with Crippen LogP contribution in [0, 0.1) is 0 Å². The third-order valence-corrected chi connectivity index (χ3v) is 2.52. The molecule has 0 spiro atoms. The molecule has 0 atom stereocenters. The smallest absolute Gasteiger partial charge is 0.399 e. The molecule has 0 aliphatic rings. The molecule has 0 unspecified atom stereocenters. The van der Waals surface area contributed by atoms with Gasteiger partial charge in [-0.1, -0.05) is 0 Å². The Morgan fingerprint density at radius 3 is 2.60 bits per heavy atom. The van der Waals surface area contributed by atoms with E-state index in [1.165, 1.54) is 30.6 Å². The second-order valence-corrected chi connectivity index (χ2v) is 4.00. The molecule has 1 aromatic carbocycles. The number of pyridine rings is 1. The first-order valence-corrected chi connectivity index (χ1v) is 5.56. The van der Waals surface area contributed by atoms with E-state index < -0.39 is 17.6 Å². The summed E-state index contributed by atoms with van der Waals surface area (Å²) in [6.45, 7) is 0. The highest BCUT2D eigenvalue weighted by Gasteiger charge is 2.34. The first-order valence-electron chi connectivity index (χ1n) is 5.56. The van der Waals surface area contributed by atoms with Crippen molar-refractivity contribution in [3.63, 3.8) is 0 Å². The van der Waals surface area contributed by atoms with Crippen molar-refractivity contribution in [3.05, 3.63) is 53.9 Å². The van der Waals surface area contributed by atoms with Crippen molar-refractivity contribution in [1.29, 1.82) is 0 Å². The molecule has 0 bridgehead atoms. The molecule has 2 aromatic rings. The van der Waals surface area contributed by atoms with E-state index in [-0.39, 0.29) is 16.9 Å².